The van der Waals surface area contributed by atoms with E-state index in [1.807, 2.05) is 0 Å². The number of aliphatic hydroxyl groups is 3. The van der Waals surface area contributed by atoms with Crippen LogP contribution >= 0.6 is 0 Å². The summed E-state index contributed by atoms with van der Waals surface area (Å²) in [5, 5.41) is 57.4. The summed E-state index contributed by atoms with van der Waals surface area (Å²) >= 11 is 0. The van der Waals surface area contributed by atoms with E-state index >= 15 is 0 Å². The maximum Gasteiger partial charge on any atom is 0.236 e. The summed E-state index contributed by atoms with van der Waals surface area (Å²) in [5.41, 5.74) is -1.56. The van der Waals surface area contributed by atoms with Crippen LogP contribution in [0.15, 0.2) is 18.2 Å². The van der Waals surface area contributed by atoms with Gasteiger partial charge >= 0.3 is 0 Å². The standard InChI is InChI=1S/C30H34N2O13/c1-12-25(36)15(32-19(35)10-31-43-3)7-20(44-12)45-17-9-30(41,18(34)11-33)8-14-22(17)29(40)24-23(27(14)38)26(37)13-5-4-6-16(42-2)21(13)28(24)39/h4-6,12,15,17,20,25,31,33,36,38,40-41H,7-11H2,1-3H3,(H,32,35)/t12?,15-,17+,20+,25-,30+/m1/s1. The Kier molecular flexibility index (Phi) is 8.97. The molecule has 6 atom stereocenters. The lowest BCUT2D eigenvalue weighted by Crippen LogP contribution is -2.56. The molecular formula is C30H34N2O13. The van der Waals surface area contributed by atoms with Crippen LogP contribution in [0.2, 0.25) is 0 Å². The van der Waals surface area contributed by atoms with Crippen molar-refractivity contribution in [3.8, 4) is 17.2 Å². The van der Waals surface area contributed by atoms with E-state index in [0.29, 0.717) is 0 Å². The van der Waals surface area contributed by atoms with Gasteiger partial charge in [-0.25, -0.2) is 0 Å². The fourth-order valence-corrected chi connectivity index (χ4v) is 6.25. The second-order valence-corrected chi connectivity index (χ2v) is 11.2. The highest BCUT2D eigenvalue weighted by atomic mass is 16.7. The van der Waals surface area contributed by atoms with Gasteiger partial charge in [0, 0.05) is 36.0 Å². The van der Waals surface area contributed by atoms with Crippen LogP contribution < -0.4 is 15.5 Å². The third-order valence-corrected chi connectivity index (χ3v) is 8.48. The van der Waals surface area contributed by atoms with E-state index in [-0.39, 0.29) is 41.0 Å². The molecule has 1 amide bonds. The molecule has 45 heavy (non-hydrogen) atoms. The number of aliphatic hydroxyl groups excluding tert-OH is 2. The lowest BCUT2D eigenvalue weighted by atomic mass is 9.72. The van der Waals surface area contributed by atoms with Gasteiger partial charge in [-0.15, -0.1) is 0 Å². The molecule has 1 unspecified atom stereocenters. The quantitative estimate of drug-likeness (QED) is 0.115. The maximum absolute atomic E-state index is 13.8. The number of rotatable bonds is 9. The van der Waals surface area contributed by atoms with Crippen LogP contribution in [0.4, 0.5) is 0 Å². The van der Waals surface area contributed by atoms with Crippen LogP contribution in [-0.2, 0) is 30.3 Å². The first kappa shape index (κ1) is 32.4. The Bertz CT molecular complexity index is 1560. The van der Waals surface area contributed by atoms with Crippen LogP contribution in [0, 0.1) is 0 Å². The summed E-state index contributed by atoms with van der Waals surface area (Å²) in [5.74, 6) is -4.51. The first-order valence-electron chi connectivity index (χ1n) is 14.1. The fourth-order valence-electron chi connectivity index (χ4n) is 6.25. The molecule has 0 saturated carbocycles. The number of Topliss-reactive ketones (excluding diaryl/α,β-unsaturated/α-hetero) is 1. The second-order valence-electron chi connectivity index (χ2n) is 11.2. The molecule has 1 heterocycles. The zero-order chi connectivity index (χ0) is 32.8. The minimum absolute atomic E-state index is 0.0702. The molecule has 242 valence electrons. The average molecular weight is 631 g/mol. The highest BCUT2D eigenvalue weighted by Crippen LogP contribution is 2.52. The number of carbonyl (C=O) groups excluding carboxylic acids is 4. The van der Waals surface area contributed by atoms with Gasteiger partial charge in [-0.05, 0) is 13.0 Å². The predicted octanol–water partition coefficient (Wildman–Crippen LogP) is -0.690. The lowest BCUT2D eigenvalue weighted by molar-refractivity contribution is -0.249. The Balaban J connectivity index is 1.58. The highest BCUT2D eigenvalue weighted by Gasteiger charge is 2.50. The van der Waals surface area contributed by atoms with Crippen molar-refractivity contribution in [1.82, 2.24) is 10.8 Å². The molecule has 0 radical (unpaired) electrons. The van der Waals surface area contributed by atoms with Gasteiger partial charge in [-0.1, -0.05) is 12.1 Å². The second kappa shape index (κ2) is 12.4. The van der Waals surface area contributed by atoms with Gasteiger partial charge in [-0.3, -0.25) is 19.2 Å². The number of phenols is 2. The number of ketones is 3. The summed E-state index contributed by atoms with van der Waals surface area (Å²) in [6.45, 7) is 0.251. The molecule has 15 nitrogen and oxygen atoms in total. The van der Waals surface area contributed by atoms with Gasteiger partial charge in [0.25, 0.3) is 0 Å². The van der Waals surface area contributed by atoms with Crippen LogP contribution in [0.25, 0.3) is 0 Å². The number of benzene rings is 2. The predicted molar refractivity (Wildman–Crippen MR) is 151 cm³/mol. The van der Waals surface area contributed by atoms with Gasteiger partial charge < -0.3 is 49.9 Å². The van der Waals surface area contributed by atoms with Crippen LogP contribution in [0.5, 0.6) is 17.2 Å². The number of fused-ring (bicyclic) bond motifs is 3. The van der Waals surface area contributed by atoms with Crippen molar-refractivity contribution in [1.29, 1.82) is 0 Å². The van der Waals surface area contributed by atoms with Gasteiger partial charge in [0.05, 0.1) is 55.7 Å². The molecule has 1 fully saturated rings. The number of nitrogens with one attached hydrogen (secondary N) is 2. The molecule has 1 aliphatic heterocycles. The summed E-state index contributed by atoms with van der Waals surface area (Å²) in [6, 6.07) is 3.44. The number of ether oxygens (including phenoxy) is 3. The van der Waals surface area contributed by atoms with Crippen LogP contribution in [0.3, 0.4) is 0 Å². The monoisotopic (exact) mass is 630 g/mol. The largest absolute Gasteiger partial charge is 0.507 e. The number of phenolic OH excluding ortho intramolecular Hbond substituents is 2. The van der Waals surface area contributed by atoms with E-state index in [1.54, 1.807) is 0 Å². The minimum atomic E-state index is -2.31. The number of aromatic hydroxyl groups is 2. The Morgan fingerprint density at radius 3 is 2.47 bits per heavy atom. The van der Waals surface area contributed by atoms with Gasteiger partial charge in [-0.2, -0.15) is 5.48 Å². The first-order valence-corrected chi connectivity index (χ1v) is 14.1. The van der Waals surface area contributed by atoms with E-state index < -0.39 is 102 Å². The van der Waals surface area contributed by atoms with E-state index in [9.17, 15) is 44.7 Å². The van der Waals surface area contributed by atoms with Crippen molar-refractivity contribution in [2.45, 2.75) is 62.4 Å². The minimum Gasteiger partial charge on any atom is -0.507 e. The average Bonchev–Trinajstić information content (AvgIpc) is 3.01. The molecule has 3 aliphatic rings. The molecule has 2 aromatic rings. The van der Waals surface area contributed by atoms with E-state index in [4.69, 9.17) is 14.2 Å². The van der Waals surface area contributed by atoms with Crippen molar-refractivity contribution in [3.05, 3.63) is 51.6 Å². The first-order chi connectivity index (χ1) is 21.4. The molecule has 2 aromatic carbocycles. The van der Waals surface area contributed by atoms with Crippen molar-refractivity contribution in [2.24, 2.45) is 0 Å². The zero-order valence-electron chi connectivity index (χ0n) is 24.7. The number of carbonyl (C=O) groups is 4. The molecule has 0 spiro atoms. The molecule has 2 aliphatic carbocycles. The number of methoxy groups -OCH3 is 1. The number of hydroxylamine groups is 1. The topological polar surface area (TPSA) is 230 Å². The van der Waals surface area contributed by atoms with Crippen molar-refractivity contribution >= 4 is 23.3 Å². The molecular weight excluding hydrogens is 596 g/mol. The third kappa shape index (κ3) is 5.56. The Morgan fingerprint density at radius 2 is 1.80 bits per heavy atom. The Labute approximate surface area is 256 Å². The summed E-state index contributed by atoms with van der Waals surface area (Å²) in [7, 11) is 2.64. The molecule has 0 bridgehead atoms. The lowest BCUT2D eigenvalue weighted by Gasteiger charge is -2.43. The molecule has 7 N–H and O–H groups in total. The molecule has 0 aromatic heterocycles. The normalized spacial score (nSPS) is 27.3. The third-order valence-electron chi connectivity index (χ3n) is 8.48. The molecule has 15 heteroatoms. The van der Waals surface area contributed by atoms with E-state index in [0.717, 1.165) is 0 Å². The molecule has 5 rings (SSSR count). The zero-order valence-corrected chi connectivity index (χ0v) is 24.7. The van der Waals surface area contributed by atoms with Crippen molar-refractivity contribution < 1.29 is 63.8 Å². The Hall–Kier alpha value is -3.96. The maximum atomic E-state index is 13.8. The van der Waals surface area contributed by atoms with Crippen LogP contribution in [-0.4, -0.2) is 106 Å². The van der Waals surface area contributed by atoms with Gasteiger partial charge in [0.2, 0.25) is 11.7 Å². The van der Waals surface area contributed by atoms with Gasteiger partial charge in [0.1, 0.15) is 35.6 Å². The number of hydrogen-bond acceptors (Lipinski definition) is 14. The number of hydrogen-bond donors (Lipinski definition) is 7. The summed E-state index contributed by atoms with van der Waals surface area (Å²) in [6.07, 6.45) is -5.95. The van der Waals surface area contributed by atoms with E-state index in [1.165, 1.54) is 39.3 Å². The Morgan fingerprint density at radius 1 is 1.09 bits per heavy atom. The van der Waals surface area contributed by atoms with Crippen molar-refractivity contribution in [2.75, 3.05) is 27.4 Å². The fraction of sp³-hybridized carbons (Fsp3) is 0.467. The van der Waals surface area contributed by atoms with Crippen molar-refractivity contribution in [3.63, 3.8) is 0 Å². The summed E-state index contributed by atoms with van der Waals surface area (Å²) in [4.78, 5) is 57.2. The van der Waals surface area contributed by atoms with E-state index in [2.05, 4.69) is 15.6 Å². The number of amides is 1. The smallest absolute Gasteiger partial charge is 0.236 e. The van der Waals surface area contributed by atoms with Gasteiger partial charge in [0.15, 0.2) is 17.9 Å². The highest BCUT2D eigenvalue weighted by molar-refractivity contribution is 6.31. The summed E-state index contributed by atoms with van der Waals surface area (Å²) < 4.78 is 17.2. The van der Waals surface area contributed by atoms with Crippen LogP contribution in [0.1, 0.15) is 68.8 Å². The molecule has 1 saturated heterocycles. The SMILES string of the molecule is CONCC(=O)N[C@@H]1C[C@H](O[C@H]2C[C@](O)(C(=O)CO)Cc3c(O)c4c(c(O)c32)C(=O)c2c(OC)cccc2C4=O)OC(C)[C@H]1O.